The van der Waals surface area contributed by atoms with Gasteiger partial charge in [-0.05, 0) is 36.8 Å². The zero-order valence-electron chi connectivity index (χ0n) is 12.0. The van der Waals surface area contributed by atoms with Gasteiger partial charge in [-0.15, -0.1) is 0 Å². The maximum Gasteiger partial charge on any atom is 0.241 e. The van der Waals surface area contributed by atoms with E-state index >= 15 is 0 Å². The van der Waals surface area contributed by atoms with Gasteiger partial charge in [-0.1, -0.05) is 45.8 Å². The summed E-state index contributed by atoms with van der Waals surface area (Å²) in [5.41, 5.74) is 1.91. The molecular weight excluding hydrogens is 366 g/mol. The van der Waals surface area contributed by atoms with Crippen LogP contribution in [0.1, 0.15) is 17.2 Å². The van der Waals surface area contributed by atoms with Crippen molar-refractivity contribution in [3.05, 3.63) is 64.1 Å². The molecule has 1 aliphatic rings. The van der Waals surface area contributed by atoms with E-state index in [1.165, 1.54) is 0 Å². The van der Waals surface area contributed by atoms with E-state index < -0.39 is 10.0 Å². The predicted molar refractivity (Wildman–Crippen MR) is 88.1 cm³/mol. The number of ether oxygens (including phenoxy) is 1. The smallest absolute Gasteiger partial charge is 0.241 e. The Morgan fingerprint density at radius 3 is 2.27 bits per heavy atom. The minimum absolute atomic E-state index is 0.110. The third kappa shape index (κ3) is 3.57. The van der Waals surface area contributed by atoms with E-state index in [0.29, 0.717) is 6.61 Å². The molecule has 0 amide bonds. The molecule has 4 nitrogen and oxygen atoms in total. The number of rotatable bonds is 5. The number of nitrogens with one attached hydrogen (secondary N) is 1. The van der Waals surface area contributed by atoms with Gasteiger partial charge in [0, 0.05) is 4.47 Å². The molecule has 1 heterocycles. The van der Waals surface area contributed by atoms with Crippen molar-refractivity contribution < 1.29 is 13.2 Å². The lowest BCUT2D eigenvalue weighted by Crippen LogP contribution is -2.32. The van der Waals surface area contributed by atoms with Crippen molar-refractivity contribution in [1.82, 2.24) is 4.72 Å². The highest BCUT2D eigenvalue weighted by Gasteiger charge is 2.36. The number of benzene rings is 2. The SMILES string of the molecule is Cc1ccc(S(=O)(=O)N[C@H](c2ccc(Br)cc2)[C@@H]2CO2)cc1. The molecule has 0 aromatic heterocycles. The van der Waals surface area contributed by atoms with E-state index in [4.69, 9.17) is 4.74 Å². The van der Waals surface area contributed by atoms with Gasteiger partial charge < -0.3 is 4.74 Å². The number of aryl methyl sites for hydroxylation is 1. The van der Waals surface area contributed by atoms with Gasteiger partial charge in [-0.2, -0.15) is 0 Å². The molecule has 1 saturated heterocycles. The van der Waals surface area contributed by atoms with Crippen molar-refractivity contribution in [2.24, 2.45) is 0 Å². The van der Waals surface area contributed by atoms with Crippen LogP contribution in [-0.4, -0.2) is 21.1 Å². The van der Waals surface area contributed by atoms with Gasteiger partial charge in [0.1, 0.15) is 6.10 Å². The van der Waals surface area contributed by atoms with Crippen LogP contribution in [0.3, 0.4) is 0 Å². The molecule has 3 rings (SSSR count). The first-order valence-electron chi connectivity index (χ1n) is 6.92. The second-order valence-corrected chi connectivity index (χ2v) is 7.97. The van der Waals surface area contributed by atoms with Gasteiger partial charge in [-0.25, -0.2) is 13.1 Å². The minimum atomic E-state index is -3.58. The standard InChI is InChI=1S/C16H16BrNO3S/c1-11-2-8-14(9-3-11)22(19,20)18-16(15-10-21-15)12-4-6-13(17)7-5-12/h2-9,15-16,18H,10H2,1H3/t15-,16+/m0/s1. The van der Waals surface area contributed by atoms with Crippen molar-refractivity contribution in [3.8, 4) is 0 Å². The first-order valence-corrected chi connectivity index (χ1v) is 9.19. The molecule has 2 aromatic carbocycles. The Labute approximate surface area is 138 Å². The topological polar surface area (TPSA) is 58.7 Å². The second-order valence-electron chi connectivity index (χ2n) is 5.34. The van der Waals surface area contributed by atoms with Gasteiger partial charge in [0.05, 0.1) is 17.5 Å². The Hall–Kier alpha value is -1.21. The summed E-state index contributed by atoms with van der Waals surface area (Å²) in [6.45, 7) is 2.49. The van der Waals surface area contributed by atoms with Crippen molar-refractivity contribution in [1.29, 1.82) is 0 Å². The summed E-state index contributed by atoms with van der Waals surface area (Å²) in [6.07, 6.45) is -0.110. The fourth-order valence-corrected chi connectivity index (χ4v) is 3.75. The summed E-state index contributed by atoms with van der Waals surface area (Å²) in [6, 6.07) is 14.0. The lowest BCUT2D eigenvalue weighted by Gasteiger charge is -2.17. The highest BCUT2D eigenvalue weighted by molar-refractivity contribution is 9.10. The van der Waals surface area contributed by atoms with E-state index in [2.05, 4.69) is 20.7 Å². The molecule has 0 saturated carbocycles. The molecule has 0 bridgehead atoms. The Bertz CT molecular complexity index is 753. The van der Waals surface area contributed by atoms with Crippen molar-refractivity contribution in [3.63, 3.8) is 0 Å². The number of epoxide rings is 1. The van der Waals surface area contributed by atoms with Crippen LogP contribution in [0.5, 0.6) is 0 Å². The average molecular weight is 382 g/mol. The van der Waals surface area contributed by atoms with Crippen LogP contribution in [0, 0.1) is 6.92 Å². The fourth-order valence-electron chi connectivity index (χ4n) is 2.23. The molecule has 1 N–H and O–H groups in total. The average Bonchev–Trinajstić information content (AvgIpc) is 3.31. The van der Waals surface area contributed by atoms with Gasteiger partial charge in [0.15, 0.2) is 0 Å². The molecule has 2 atom stereocenters. The van der Waals surface area contributed by atoms with E-state index in [1.807, 2.05) is 31.2 Å². The van der Waals surface area contributed by atoms with Crippen LogP contribution < -0.4 is 4.72 Å². The molecule has 1 aliphatic heterocycles. The van der Waals surface area contributed by atoms with Crippen LogP contribution in [0.2, 0.25) is 0 Å². The quantitative estimate of drug-likeness (QED) is 0.809. The van der Waals surface area contributed by atoms with E-state index in [1.54, 1.807) is 24.3 Å². The first kappa shape index (κ1) is 15.7. The Balaban J connectivity index is 1.87. The molecule has 6 heteroatoms. The molecule has 116 valence electrons. The molecule has 0 radical (unpaired) electrons. The van der Waals surface area contributed by atoms with E-state index in [9.17, 15) is 8.42 Å². The normalized spacial score (nSPS) is 18.9. The minimum Gasteiger partial charge on any atom is -0.371 e. The second kappa shape index (κ2) is 6.12. The van der Waals surface area contributed by atoms with Gasteiger partial charge in [-0.3, -0.25) is 0 Å². The van der Waals surface area contributed by atoms with Crippen LogP contribution >= 0.6 is 15.9 Å². The molecular formula is C16H16BrNO3S. The zero-order valence-corrected chi connectivity index (χ0v) is 14.4. The molecule has 1 fully saturated rings. The monoisotopic (exact) mass is 381 g/mol. The first-order chi connectivity index (χ1) is 10.5. The Morgan fingerprint density at radius 2 is 1.73 bits per heavy atom. The summed E-state index contributed by atoms with van der Waals surface area (Å²) in [5.74, 6) is 0. The molecule has 0 spiro atoms. The maximum absolute atomic E-state index is 12.6. The maximum atomic E-state index is 12.6. The fraction of sp³-hybridized carbons (Fsp3) is 0.250. The highest BCUT2D eigenvalue weighted by atomic mass is 79.9. The van der Waals surface area contributed by atoms with Crippen LogP contribution in [0.25, 0.3) is 0 Å². The van der Waals surface area contributed by atoms with Gasteiger partial charge in [0.2, 0.25) is 10.0 Å². The largest absolute Gasteiger partial charge is 0.371 e. The van der Waals surface area contributed by atoms with Crippen LogP contribution in [0.15, 0.2) is 57.9 Å². The Morgan fingerprint density at radius 1 is 1.14 bits per heavy atom. The van der Waals surface area contributed by atoms with Crippen molar-refractivity contribution >= 4 is 26.0 Å². The van der Waals surface area contributed by atoms with Crippen molar-refractivity contribution in [2.45, 2.75) is 24.0 Å². The van der Waals surface area contributed by atoms with Gasteiger partial charge in [0.25, 0.3) is 0 Å². The summed E-state index contributed by atoms with van der Waals surface area (Å²) in [7, 11) is -3.58. The summed E-state index contributed by atoms with van der Waals surface area (Å²) < 4.78 is 34.1. The highest BCUT2D eigenvalue weighted by Crippen LogP contribution is 2.30. The van der Waals surface area contributed by atoms with Gasteiger partial charge >= 0.3 is 0 Å². The predicted octanol–water partition coefficient (Wildman–Crippen LogP) is 3.18. The Kier molecular flexibility index (Phi) is 4.36. The van der Waals surface area contributed by atoms with Crippen LogP contribution in [-0.2, 0) is 14.8 Å². The third-order valence-corrected chi connectivity index (χ3v) is 5.56. The number of halogens is 1. The van der Waals surface area contributed by atoms with Crippen molar-refractivity contribution in [2.75, 3.05) is 6.61 Å². The molecule has 2 aromatic rings. The summed E-state index contributed by atoms with van der Waals surface area (Å²) >= 11 is 3.38. The summed E-state index contributed by atoms with van der Waals surface area (Å²) in [5, 5.41) is 0. The van der Waals surface area contributed by atoms with E-state index in [0.717, 1.165) is 15.6 Å². The number of sulfonamides is 1. The number of hydrogen-bond donors (Lipinski definition) is 1. The van der Waals surface area contributed by atoms with Crippen LogP contribution in [0.4, 0.5) is 0 Å². The lowest BCUT2D eigenvalue weighted by atomic mass is 10.1. The zero-order chi connectivity index (χ0) is 15.7. The number of hydrogen-bond acceptors (Lipinski definition) is 3. The molecule has 0 unspecified atom stereocenters. The molecule has 0 aliphatic carbocycles. The van der Waals surface area contributed by atoms with E-state index in [-0.39, 0.29) is 17.0 Å². The molecule has 22 heavy (non-hydrogen) atoms. The summed E-state index contributed by atoms with van der Waals surface area (Å²) in [4.78, 5) is 0.265. The third-order valence-electron chi connectivity index (χ3n) is 3.57. The lowest BCUT2D eigenvalue weighted by molar-refractivity contribution is 0.364.